The van der Waals surface area contributed by atoms with Gasteiger partial charge in [0.25, 0.3) is 5.89 Å². The van der Waals surface area contributed by atoms with Gasteiger partial charge in [-0.1, -0.05) is 35.0 Å². The van der Waals surface area contributed by atoms with Crippen LogP contribution < -0.4 is 10.1 Å². The van der Waals surface area contributed by atoms with Crippen LogP contribution in [0.3, 0.4) is 0 Å². The quantitative estimate of drug-likeness (QED) is 0.545. The van der Waals surface area contributed by atoms with E-state index in [1.54, 1.807) is 24.2 Å². The Balaban J connectivity index is 1.80. The smallest absolute Gasteiger partial charge is 0.322 e. The third kappa shape index (κ3) is 4.04. The molecular formula is C23H21ClN4O3. The molecule has 0 aliphatic carbocycles. The average molecular weight is 437 g/mol. The fraction of sp³-hybridized carbons (Fsp3) is 0.174. The molecular weight excluding hydrogens is 416 g/mol. The summed E-state index contributed by atoms with van der Waals surface area (Å²) in [6.45, 7) is 5.95. The molecule has 4 rings (SSSR count). The first-order chi connectivity index (χ1) is 15.0. The van der Waals surface area contributed by atoms with Gasteiger partial charge in [-0.15, -0.1) is 6.58 Å². The summed E-state index contributed by atoms with van der Waals surface area (Å²) in [5.74, 6) is 1.50. The van der Waals surface area contributed by atoms with Crippen molar-refractivity contribution in [3.05, 3.63) is 83.4 Å². The van der Waals surface area contributed by atoms with Gasteiger partial charge in [-0.05, 0) is 48.9 Å². The summed E-state index contributed by atoms with van der Waals surface area (Å²) in [5, 5.41) is 7.74. The number of amides is 2. The molecule has 1 aliphatic heterocycles. The van der Waals surface area contributed by atoms with E-state index in [1.165, 1.54) is 0 Å². The summed E-state index contributed by atoms with van der Waals surface area (Å²) in [6.07, 6.45) is 1.66. The molecule has 1 aliphatic rings. The van der Waals surface area contributed by atoms with Crippen LogP contribution in [-0.4, -0.2) is 34.7 Å². The second-order valence-electron chi connectivity index (χ2n) is 6.99. The summed E-state index contributed by atoms with van der Waals surface area (Å²) >= 11 is 6.20. The molecule has 0 fully saturated rings. The van der Waals surface area contributed by atoms with Gasteiger partial charge < -0.3 is 14.6 Å². The number of hydrogen-bond donors (Lipinski definition) is 1. The molecule has 1 N–H and O–H groups in total. The topological polar surface area (TPSA) is 80.5 Å². The Kier molecular flexibility index (Phi) is 5.77. The molecule has 0 saturated heterocycles. The van der Waals surface area contributed by atoms with Gasteiger partial charge in [-0.2, -0.15) is 4.98 Å². The van der Waals surface area contributed by atoms with Crippen molar-refractivity contribution < 1.29 is 14.1 Å². The summed E-state index contributed by atoms with van der Waals surface area (Å²) in [4.78, 5) is 18.9. The Bertz CT molecular complexity index is 1150. The Hall–Kier alpha value is -3.58. The van der Waals surface area contributed by atoms with Crippen molar-refractivity contribution in [3.8, 4) is 17.1 Å². The molecule has 0 bridgehead atoms. The van der Waals surface area contributed by atoms with E-state index in [0.29, 0.717) is 34.6 Å². The minimum atomic E-state index is -0.489. The Morgan fingerprint density at radius 1 is 1.29 bits per heavy atom. The van der Waals surface area contributed by atoms with Gasteiger partial charge in [0, 0.05) is 22.8 Å². The van der Waals surface area contributed by atoms with Crippen LogP contribution in [0.2, 0.25) is 5.02 Å². The number of ether oxygens (including phenoxy) is 1. The van der Waals surface area contributed by atoms with E-state index in [0.717, 1.165) is 16.9 Å². The lowest BCUT2D eigenvalue weighted by Crippen LogP contribution is -2.46. The Morgan fingerprint density at radius 3 is 2.74 bits per heavy atom. The van der Waals surface area contributed by atoms with Gasteiger partial charge in [0.05, 0.1) is 18.7 Å². The molecule has 0 spiro atoms. The fourth-order valence-corrected chi connectivity index (χ4v) is 3.73. The fourth-order valence-electron chi connectivity index (χ4n) is 3.53. The molecule has 158 valence electrons. The first kappa shape index (κ1) is 20.7. The highest BCUT2D eigenvalue weighted by Crippen LogP contribution is 2.37. The van der Waals surface area contributed by atoms with E-state index in [1.807, 2.05) is 49.4 Å². The Morgan fingerprint density at radius 2 is 2.06 bits per heavy atom. The SMILES string of the molecule is C=CCN1C(=O)NC(c2cccc(Cl)c2)C(c2nc(-c3ccc(OC)cc3)no2)=C1C. The first-order valence-electron chi connectivity index (χ1n) is 9.65. The molecule has 3 aromatic rings. The number of allylic oxidation sites excluding steroid dienone is 1. The van der Waals surface area contributed by atoms with E-state index in [2.05, 4.69) is 22.0 Å². The van der Waals surface area contributed by atoms with Crippen molar-refractivity contribution in [3.63, 3.8) is 0 Å². The first-order valence-corrected chi connectivity index (χ1v) is 10.0. The number of nitrogens with one attached hydrogen (secondary N) is 1. The third-order valence-electron chi connectivity index (χ3n) is 5.09. The summed E-state index contributed by atoms with van der Waals surface area (Å²) in [6, 6.07) is 14.0. The number of nitrogens with zero attached hydrogens (tertiary/aromatic N) is 3. The highest BCUT2D eigenvalue weighted by molar-refractivity contribution is 6.30. The van der Waals surface area contributed by atoms with E-state index < -0.39 is 6.04 Å². The van der Waals surface area contributed by atoms with Gasteiger partial charge in [0.15, 0.2) is 0 Å². The maximum absolute atomic E-state index is 12.7. The number of hydrogen-bond acceptors (Lipinski definition) is 5. The van der Waals surface area contributed by atoms with Gasteiger partial charge in [0.1, 0.15) is 5.75 Å². The molecule has 2 heterocycles. The molecule has 2 amide bonds. The number of halogens is 1. The molecule has 0 radical (unpaired) electrons. The molecule has 7 nitrogen and oxygen atoms in total. The Labute approximate surface area is 185 Å². The molecule has 1 unspecified atom stereocenters. The summed E-state index contributed by atoms with van der Waals surface area (Å²) in [7, 11) is 1.61. The number of benzene rings is 2. The molecule has 0 saturated carbocycles. The average Bonchev–Trinajstić information content (AvgIpc) is 3.26. The predicted octanol–water partition coefficient (Wildman–Crippen LogP) is 5.08. The number of carbonyl (C=O) groups is 1. The number of urea groups is 1. The maximum Gasteiger partial charge on any atom is 0.322 e. The predicted molar refractivity (Wildman–Crippen MR) is 119 cm³/mol. The van der Waals surface area contributed by atoms with Gasteiger partial charge in [-0.3, -0.25) is 4.90 Å². The van der Waals surface area contributed by atoms with Crippen LogP contribution in [0.5, 0.6) is 5.75 Å². The zero-order chi connectivity index (χ0) is 22.0. The van der Waals surface area contributed by atoms with Crippen LogP contribution in [0.25, 0.3) is 17.0 Å². The summed E-state index contributed by atoms with van der Waals surface area (Å²) < 4.78 is 10.8. The summed E-state index contributed by atoms with van der Waals surface area (Å²) in [5.41, 5.74) is 3.02. The highest BCUT2D eigenvalue weighted by Gasteiger charge is 2.35. The normalized spacial score (nSPS) is 16.3. The van der Waals surface area contributed by atoms with Crippen LogP contribution in [0.1, 0.15) is 24.4 Å². The van der Waals surface area contributed by atoms with Crippen molar-refractivity contribution in [2.75, 3.05) is 13.7 Å². The minimum Gasteiger partial charge on any atom is -0.497 e. The number of methoxy groups -OCH3 is 1. The number of carbonyl (C=O) groups excluding carboxylic acids is 1. The second-order valence-corrected chi connectivity index (χ2v) is 7.42. The minimum absolute atomic E-state index is 0.235. The van der Waals surface area contributed by atoms with Crippen LogP contribution in [0, 0.1) is 0 Å². The zero-order valence-electron chi connectivity index (χ0n) is 17.1. The highest BCUT2D eigenvalue weighted by atomic mass is 35.5. The largest absolute Gasteiger partial charge is 0.497 e. The van der Waals surface area contributed by atoms with Crippen LogP contribution in [-0.2, 0) is 0 Å². The van der Waals surface area contributed by atoms with E-state index in [-0.39, 0.29) is 6.03 Å². The van der Waals surface area contributed by atoms with E-state index in [9.17, 15) is 4.79 Å². The van der Waals surface area contributed by atoms with Crippen molar-refractivity contribution in [1.82, 2.24) is 20.4 Å². The van der Waals surface area contributed by atoms with Crippen LogP contribution in [0.15, 0.2) is 71.4 Å². The second kappa shape index (κ2) is 8.65. The zero-order valence-corrected chi connectivity index (χ0v) is 17.9. The lowest BCUT2D eigenvalue weighted by molar-refractivity contribution is 0.209. The van der Waals surface area contributed by atoms with E-state index >= 15 is 0 Å². The van der Waals surface area contributed by atoms with Gasteiger partial charge in [-0.25, -0.2) is 4.79 Å². The third-order valence-corrected chi connectivity index (χ3v) is 5.33. The number of aromatic nitrogens is 2. The molecule has 8 heteroatoms. The monoisotopic (exact) mass is 436 g/mol. The van der Waals surface area contributed by atoms with Crippen LogP contribution in [0.4, 0.5) is 4.79 Å². The van der Waals surface area contributed by atoms with Crippen molar-refractivity contribution in [2.45, 2.75) is 13.0 Å². The molecule has 2 aromatic carbocycles. The van der Waals surface area contributed by atoms with Crippen molar-refractivity contribution in [1.29, 1.82) is 0 Å². The molecule has 31 heavy (non-hydrogen) atoms. The van der Waals surface area contributed by atoms with Crippen molar-refractivity contribution >= 4 is 23.2 Å². The lowest BCUT2D eigenvalue weighted by atomic mass is 9.94. The maximum atomic E-state index is 12.7. The van der Waals surface area contributed by atoms with Crippen LogP contribution >= 0.6 is 11.6 Å². The van der Waals surface area contributed by atoms with Gasteiger partial charge >= 0.3 is 6.03 Å². The lowest BCUT2D eigenvalue weighted by Gasteiger charge is -2.34. The van der Waals surface area contributed by atoms with Crippen molar-refractivity contribution in [2.24, 2.45) is 0 Å². The number of rotatable bonds is 6. The standard InChI is InChI=1S/C23H21ClN4O3/c1-4-12-28-14(2)19(20(25-23(28)29)16-6-5-7-17(24)13-16)22-26-21(27-31-22)15-8-10-18(30-3)11-9-15/h4-11,13,20H,1,12H2,2-3H3,(H,25,29). The molecule has 1 aromatic heterocycles. The van der Waals surface area contributed by atoms with E-state index in [4.69, 9.17) is 20.9 Å². The van der Waals surface area contributed by atoms with Gasteiger partial charge in [0.2, 0.25) is 5.82 Å². The molecule has 1 atom stereocenters.